The summed E-state index contributed by atoms with van der Waals surface area (Å²) < 4.78 is 0. The molecule has 0 aromatic heterocycles. The first-order valence-corrected chi connectivity index (χ1v) is 3.75. The standard InChI is InChI=1S/C10H10O3/c1-2-9(11)7-5-3-4-6-8-10(12)13/h6,8-9,11H,2H2,1H3,(H,12,13)/b8-6-/t9-/m1/s1. The largest absolute Gasteiger partial charge is 0.478 e. The van der Waals surface area contributed by atoms with Crippen molar-refractivity contribution < 1.29 is 15.0 Å². The zero-order valence-corrected chi connectivity index (χ0v) is 7.24. The first-order valence-electron chi connectivity index (χ1n) is 3.75. The molecule has 0 aromatic carbocycles. The summed E-state index contributed by atoms with van der Waals surface area (Å²) in [6.45, 7) is 1.80. The zero-order valence-electron chi connectivity index (χ0n) is 7.24. The molecule has 0 aromatic rings. The molecule has 2 N–H and O–H groups in total. The summed E-state index contributed by atoms with van der Waals surface area (Å²) in [6.07, 6.45) is 2.01. The highest BCUT2D eigenvalue weighted by Gasteiger charge is 1.88. The van der Waals surface area contributed by atoms with Crippen LogP contribution in [0.1, 0.15) is 13.3 Å². The zero-order chi connectivity index (χ0) is 10.1. The van der Waals surface area contributed by atoms with Gasteiger partial charge in [0, 0.05) is 6.08 Å². The number of carboxylic acid groups (broad SMARTS) is 1. The van der Waals surface area contributed by atoms with Gasteiger partial charge in [0.15, 0.2) is 0 Å². The minimum atomic E-state index is -1.05. The number of hydrogen-bond donors (Lipinski definition) is 2. The Kier molecular flexibility index (Phi) is 6.05. The third-order valence-corrected chi connectivity index (χ3v) is 1.07. The van der Waals surface area contributed by atoms with Crippen molar-refractivity contribution in [1.29, 1.82) is 0 Å². The Morgan fingerprint density at radius 1 is 1.54 bits per heavy atom. The van der Waals surface area contributed by atoms with Crippen LogP contribution in [-0.4, -0.2) is 22.3 Å². The third-order valence-electron chi connectivity index (χ3n) is 1.07. The number of aliphatic hydroxyl groups excluding tert-OH is 1. The van der Waals surface area contributed by atoms with Crippen LogP contribution in [0.3, 0.4) is 0 Å². The van der Waals surface area contributed by atoms with Crippen molar-refractivity contribution in [1.82, 2.24) is 0 Å². The van der Waals surface area contributed by atoms with Crippen molar-refractivity contribution in [3.63, 3.8) is 0 Å². The Morgan fingerprint density at radius 2 is 2.23 bits per heavy atom. The molecule has 0 heterocycles. The van der Waals surface area contributed by atoms with Crippen LogP contribution in [0.25, 0.3) is 0 Å². The number of carboxylic acids is 1. The number of allylic oxidation sites excluding steroid dienone is 1. The van der Waals surface area contributed by atoms with Crippen molar-refractivity contribution in [2.75, 3.05) is 0 Å². The molecule has 0 aliphatic rings. The lowest BCUT2D eigenvalue weighted by molar-refractivity contribution is -0.131. The lowest BCUT2D eigenvalue weighted by Crippen LogP contribution is -1.98. The summed E-state index contributed by atoms with van der Waals surface area (Å²) >= 11 is 0. The van der Waals surface area contributed by atoms with Crippen LogP contribution in [0.15, 0.2) is 12.2 Å². The molecule has 3 nitrogen and oxygen atoms in total. The molecule has 68 valence electrons. The number of hydrogen-bond acceptors (Lipinski definition) is 2. The lowest BCUT2D eigenvalue weighted by Gasteiger charge is -1.91. The van der Waals surface area contributed by atoms with E-state index in [1.807, 2.05) is 0 Å². The lowest BCUT2D eigenvalue weighted by atomic mass is 10.3. The summed E-state index contributed by atoms with van der Waals surface area (Å²) in [7, 11) is 0. The predicted molar refractivity (Wildman–Crippen MR) is 48.6 cm³/mol. The smallest absolute Gasteiger partial charge is 0.328 e. The molecule has 0 saturated heterocycles. The van der Waals surface area contributed by atoms with Crippen molar-refractivity contribution >= 4 is 5.97 Å². The summed E-state index contributed by atoms with van der Waals surface area (Å²) in [5.41, 5.74) is 0. The molecule has 0 rings (SSSR count). The Hall–Kier alpha value is -1.71. The van der Waals surface area contributed by atoms with E-state index >= 15 is 0 Å². The summed E-state index contributed by atoms with van der Waals surface area (Å²) in [5.74, 6) is 8.61. The van der Waals surface area contributed by atoms with Gasteiger partial charge in [-0.1, -0.05) is 18.8 Å². The van der Waals surface area contributed by atoms with Crippen molar-refractivity contribution in [3.05, 3.63) is 12.2 Å². The first-order chi connectivity index (χ1) is 6.16. The molecule has 3 heteroatoms. The van der Waals surface area contributed by atoms with Gasteiger partial charge in [0.2, 0.25) is 0 Å². The van der Waals surface area contributed by atoms with Crippen LogP contribution in [-0.2, 0) is 4.79 Å². The highest BCUT2D eigenvalue weighted by molar-refractivity contribution is 5.80. The van der Waals surface area contributed by atoms with Crippen LogP contribution in [0.5, 0.6) is 0 Å². The van der Waals surface area contributed by atoms with E-state index in [1.54, 1.807) is 6.92 Å². The second kappa shape index (κ2) is 6.97. The average Bonchev–Trinajstić information content (AvgIpc) is 2.10. The summed E-state index contributed by atoms with van der Waals surface area (Å²) in [6, 6.07) is 0. The Labute approximate surface area is 77.1 Å². The van der Waals surface area contributed by atoms with Crippen LogP contribution >= 0.6 is 0 Å². The number of aliphatic carboxylic acids is 1. The third kappa shape index (κ3) is 8.19. The molecular formula is C10H10O3. The quantitative estimate of drug-likeness (QED) is 0.475. The van der Waals surface area contributed by atoms with E-state index in [0.717, 1.165) is 6.08 Å². The van der Waals surface area contributed by atoms with Crippen molar-refractivity contribution in [2.24, 2.45) is 0 Å². The first kappa shape index (κ1) is 11.3. The van der Waals surface area contributed by atoms with E-state index in [-0.39, 0.29) is 0 Å². The Bertz CT molecular complexity index is 307. The maximum absolute atomic E-state index is 9.96. The van der Waals surface area contributed by atoms with Gasteiger partial charge in [0.05, 0.1) is 0 Å². The molecule has 0 fully saturated rings. The molecular weight excluding hydrogens is 168 g/mol. The molecule has 0 radical (unpaired) electrons. The number of rotatable bonds is 2. The van der Waals surface area contributed by atoms with Gasteiger partial charge >= 0.3 is 5.97 Å². The minimum absolute atomic E-state index is 0.555. The van der Waals surface area contributed by atoms with Crippen LogP contribution in [0, 0.1) is 23.7 Å². The molecule has 0 aliphatic carbocycles. The monoisotopic (exact) mass is 178 g/mol. The van der Waals surface area contributed by atoms with Crippen LogP contribution in [0.4, 0.5) is 0 Å². The Morgan fingerprint density at radius 3 is 2.77 bits per heavy atom. The maximum atomic E-state index is 9.96. The van der Waals surface area contributed by atoms with Gasteiger partial charge in [0.1, 0.15) is 6.10 Å². The van der Waals surface area contributed by atoms with E-state index < -0.39 is 12.1 Å². The SMILES string of the molecule is CC[C@@H](O)C#CC#C/C=C\C(=O)O. The molecule has 0 spiro atoms. The minimum Gasteiger partial charge on any atom is -0.478 e. The van der Waals surface area contributed by atoms with Gasteiger partial charge in [-0.2, -0.15) is 0 Å². The predicted octanol–water partition coefficient (Wildman–Crippen LogP) is 0.405. The van der Waals surface area contributed by atoms with Crippen LogP contribution in [0.2, 0.25) is 0 Å². The second-order valence-electron chi connectivity index (χ2n) is 2.13. The molecule has 0 bridgehead atoms. The highest BCUT2D eigenvalue weighted by atomic mass is 16.4. The number of carbonyl (C=O) groups is 1. The van der Waals surface area contributed by atoms with Gasteiger partial charge in [-0.05, 0) is 24.3 Å². The van der Waals surface area contributed by atoms with E-state index in [9.17, 15) is 4.79 Å². The molecule has 0 aliphatic heterocycles. The van der Waals surface area contributed by atoms with E-state index in [2.05, 4.69) is 23.7 Å². The average molecular weight is 178 g/mol. The topological polar surface area (TPSA) is 57.5 Å². The van der Waals surface area contributed by atoms with Crippen molar-refractivity contribution in [3.8, 4) is 23.7 Å². The Balaban J connectivity index is 3.97. The van der Waals surface area contributed by atoms with Gasteiger partial charge in [0.25, 0.3) is 0 Å². The van der Waals surface area contributed by atoms with Gasteiger partial charge in [-0.3, -0.25) is 0 Å². The summed E-state index contributed by atoms with van der Waals surface area (Å²) in [4.78, 5) is 9.96. The van der Waals surface area contributed by atoms with Crippen molar-refractivity contribution in [2.45, 2.75) is 19.4 Å². The fourth-order valence-corrected chi connectivity index (χ4v) is 0.412. The molecule has 13 heavy (non-hydrogen) atoms. The fraction of sp³-hybridized carbons (Fsp3) is 0.300. The van der Waals surface area contributed by atoms with E-state index in [4.69, 9.17) is 10.2 Å². The summed E-state index contributed by atoms with van der Waals surface area (Å²) in [5, 5.41) is 17.1. The molecule has 0 unspecified atom stereocenters. The molecule has 1 atom stereocenters. The van der Waals surface area contributed by atoms with Crippen LogP contribution < -0.4 is 0 Å². The second-order valence-corrected chi connectivity index (χ2v) is 2.13. The van der Waals surface area contributed by atoms with Gasteiger partial charge < -0.3 is 10.2 Å². The van der Waals surface area contributed by atoms with Gasteiger partial charge in [-0.15, -0.1) is 0 Å². The molecule has 0 saturated carbocycles. The molecule has 0 amide bonds. The highest BCUT2D eigenvalue weighted by Crippen LogP contribution is 1.83. The van der Waals surface area contributed by atoms with Gasteiger partial charge in [-0.25, -0.2) is 4.79 Å². The maximum Gasteiger partial charge on any atom is 0.328 e. The van der Waals surface area contributed by atoms with E-state index in [1.165, 1.54) is 6.08 Å². The normalized spacial score (nSPS) is 10.9. The van der Waals surface area contributed by atoms with E-state index in [0.29, 0.717) is 6.42 Å². The number of aliphatic hydroxyl groups is 1. The fourth-order valence-electron chi connectivity index (χ4n) is 0.412.